The zero-order valence-electron chi connectivity index (χ0n) is 14.6. The number of ether oxygens (including phenoxy) is 1. The first kappa shape index (κ1) is 18.2. The van der Waals surface area contributed by atoms with Crippen molar-refractivity contribution in [3.05, 3.63) is 34.1 Å². The fourth-order valence-corrected chi connectivity index (χ4v) is 3.60. The Morgan fingerprint density at radius 2 is 1.92 bits per heavy atom. The Balaban J connectivity index is 1.75. The van der Waals surface area contributed by atoms with Crippen molar-refractivity contribution in [3.63, 3.8) is 0 Å². The van der Waals surface area contributed by atoms with Gasteiger partial charge in [0.05, 0.1) is 15.6 Å². The number of amides is 2. The number of hydrogen-bond donors (Lipinski definition) is 0. The van der Waals surface area contributed by atoms with E-state index in [1.165, 1.54) is 12.1 Å². The number of nitrogens with zero attached hydrogens (tertiary/aromatic N) is 2. The van der Waals surface area contributed by atoms with E-state index in [-0.39, 0.29) is 22.0 Å². The highest BCUT2D eigenvalue weighted by molar-refractivity contribution is 9.10. The molecule has 1 saturated carbocycles. The summed E-state index contributed by atoms with van der Waals surface area (Å²) < 4.78 is 19.4. The number of benzene rings is 1. The zero-order valence-corrected chi connectivity index (χ0v) is 16.2. The van der Waals surface area contributed by atoms with Crippen LogP contribution in [-0.4, -0.2) is 52.6 Å². The van der Waals surface area contributed by atoms with Crippen molar-refractivity contribution >= 4 is 27.9 Å². The van der Waals surface area contributed by atoms with Crippen LogP contribution in [0.5, 0.6) is 0 Å². The zero-order chi connectivity index (χ0) is 18.4. The fourth-order valence-electron chi connectivity index (χ4n) is 3.16. The van der Waals surface area contributed by atoms with Crippen LogP contribution in [0.25, 0.3) is 0 Å². The predicted molar refractivity (Wildman–Crippen MR) is 94.9 cm³/mol. The molecule has 0 N–H and O–H groups in total. The monoisotopic (exact) mass is 412 g/mol. The van der Waals surface area contributed by atoms with E-state index in [0.717, 1.165) is 12.8 Å². The van der Waals surface area contributed by atoms with Gasteiger partial charge in [0.15, 0.2) is 0 Å². The normalized spacial score (nSPS) is 19.1. The molecule has 25 heavy (non-hydrogen) atoms. The molecule has 0 aromatic heterocycles. The molecule has 1 aliphatic carbocycles. The van der Waals surface area contributed by atoms with Crippen LogP contribution in [0, 0.1) is 5.82 Å². The average molecular weight is 413 g/mol. The molecule has 1 spiro atoms. The number of halogens is 2. The maximum Gasteiger partial charge on any atom is 0.410 e. The Bertz CT molecular complexity index is 713. The maximum absolute atomic E-state index is 13.8. The lowest BCUT2D eigenvalue weighted by Gasteiger charge is -2.42. The molecule has 7 heteroatoms. The third kappa shape index (κ3) is 3.66. The van der Waals surface area contributed by atoms with Gasteiger partial charge in [0.25, 0.3) is 5.91 Å². The van der Waals surface area contributed by atoms with Gasteiger partial charge >= 0.3 is 6.09 Å². The Morgan fingerprint density at radius 3 is 2.52 bits per heavy atom. The Hall–Kier alpha value is -1.63. The minimum atomic E-state index is -0.548. The molecule has 1 heterocycles. The summed E-state index contributed by atoms with van der Waals surface area (Å²) in [4.78, 5) is 28.7. The van der Waals surface area contributed by atoms with Gasteiger partial charge in [-0.15, -0.1) is 0 Å². The van der Waals surface area contributed by atoms with Crippen molar-refractivity contribution in [2.45, 2.75) is 44.8 Å². The highest BCUT2D eigenvalue weighted by Gasteiger charge is 2.54. The number of carbonyl (C=O) groups is 2. The van der Waals surface area contributed by atoms with Crippen LogP contribution in [0.3, 0.4) is 0 Å². The maximum atomic E-state index is 13.8. The second kappa shape index (κ2) is 6.27. The molecule has 2 amide bonds. The first-order valence-corrected chi connectivity index (χ1v) is 9.16. The molecule has 0 bridgehead atoms. The van der Waals surface area contributed by atoms with Gasteiger partial charge in [0.1, 0.15) is 11.4 Å². The molecule has 0 radical (unpaired) electrons. The third-order valence-electron chi connectivity index (χ3n) is 4.56. The van der Waals surface area contributed by atoms with E-state index in [1.54, 1.807) is 15.9 Å². The SMILES string of the molecule is CC(C)(C)OC(=O)N1CCN(C(=O)c2cccc(F)c2Br)C2(CC2)C1. The van der Waals surface area contributed by atoms with Crippen LogP contribution < -0.4 is 0 Å². The number of piperazine rings is 1. The summed E-state index contributed by atoms with van der Waals surface area (Å²) >= 11 is 3.17. The van der Waals surface area contributed by atoms with Crippen molar-refractivity contribution in [1.29, 1.82) is 0 Å². The first-order chi connectivity index (χ1) is 11.6. The molecule has 5 nitrogen and oxygen atoms in total. The quantitative estimate of drug-likeness (QED) is 0.704. The van der Waals surface area contributed by atoms with Gasteiger partial charge in [0, 0.05) is 19.6 Å². The summed E-state index contributed by atoms with van der Waals surface area (Å²) in [5, 5.41) is 0. The van der Waals surface area contributed by atoms with Crippen molar-refractivity contribution in [1.82, 2.24) is 9.80 Å². The molecule has 0 unspecified atom stereocenters. The van der Waals surface area contributed by atoms with Crippen LogP contribution in [0.1, 0.15) is 44.0 Å². The van der Waals surface area contributed by atoms with Crippen LogP contribution >= 0.6 is 15.9 Å². The largest absolute Gasteiger partial charge is 0.444 e. The second-order valence-electron chi connectivity index (χ2n) is 7.68. The number of carbonyl (C=O) groups excluding carboxylic acids is 2. The lowest BCUT2D eigenvalue weighted by molar-refractivity contribution is 0.000605. The Kier molecular flexibility index (Phi) is 4.56. The van der Waals surface area contributed by atoms with Gasteiger partial charge in [-0.25, -0.2) is 9.18 Å². The van der Waals surface area contributed by atoms with E-state index in [4.69, 9.17) is 4.74 Å². The highest BCUT2D eigenvalue weighted by atomic mass is 79.9. The topological polar surface area (TPSA) is 49.9 Å². The molecular formula is C18H22BrFN2O3. The van der Waals surface area contributed by atoms with Crippen LogP contribution in [0.2, 0.25) is 0 Å². The van der Waals surface area contributed by atoms with Crippen molar-refractivity contribution in [3.8, 4) is 0 Å². The molecule has 2 fully saturated rings. The minimum Gasteiger partial charge on any atom is -0.444 e. The minimum absolute atomic E-state index is 0.186. The van der Waals surface area contributed by atoms with E-state index < -0.39 is 11.4 Å². The van der Waals surface area contributed by atoms with Gasteiger partial charge < -0.3 is 14.5 Å². The fraction of sp³-hybridized carbons (Fsp3) is 0.556. The summed E-state index contributed by atoms with van der Waals surface area (Å²) in [6, 6.07) is 4.46. The lowest BCUT2D eigenvalue weighted by Crippen LogP contribution is -2.58. The van der Waals surface area contributed by atoms with Gasteiger partial charge in [-0.05, 0) is 61.7 Å². The van der Waals surface area contributed by atoms with E-state index in [9.17, 15) is 14.0 Å². The molecule has 2 aliphatic rings. The smallest absolute Gasteiger partial charge is 0.410 e. The molecule has 1 aliphatic heterocycles. The predicted octanol–water partition coefficient (Wildman–Crippen LogP) is 3.81. The second-order valence-corrected chi connectivity index (χ2v) is 8.48. The standard InChI is InChI=1S/C18H22BrFN2O3/c1-17(2,3)25-16(24)21-9-10-22(18(11-21)7-8-18)15(23)12-5-4-6-13(20)14(12)19/h4-6H,7-11H2,1-3H3. The Labute approximate surface area is 155 Å². The van der Waals surface area contributed by atoms with Crippen molar-refractivity contribution in [2.24, 2.45) is 0 Å². The molecule has 1 aromatic rings. The van der Waals surface area contributed by atoms with Crippen LogP contribution in [0.4, 0.5) is 9.18 Å². The molecular weight excluding hydrogens is 391 g/mol. The number of rotatable bonds is 1. The number of hydrogen-bond acceptors (Lipinski definition) is 3. The highest BCUT2D eigenvalue weighted by Crippen LogP contribution is 2.45. The van der Waals surface area contributed by atoms with Gasteiger partial charge in [0.2, 0.25) is 0 Å². The first-order valence-electron chi connectivity index (χ1n) is 8.37. The summed E-state index contributed by atoms with van der Waals surface area (Å²) in [5.41, 5.74) is -0.581. The summed E-state index contributed by atoms with van der Waals surface area (Å²) in [6.45, 7) is 6.79. The summed E-state index contributed by atoms with van der Waals surface area (Å²) in [6.07, 6.45) is 1.33. The average Bonchev–Trinajstić information content (AvgIpc) is 3.27. The van der Waals surface area contributed by atoms with Gasteiger partial charge in [-0.3, -0.25) is 4.79 Å². The van der Waals surface area contributed by atoms with Crippen LogP contribution in [0.15, 0.2) is 22.7 Å². The third-order valence-corrected chi connectivity index (χ3v) is 5.36. The van der Waals surface area contributed by atoms with Gasteiger partial charge in [-0.1, -0.05) is 6.07 Å². The lowest BCUT2D eigenvalue weighted by atomic mass is 10.1. The summed E-state index contributed by atoms with van der Waals surface area (Å²) in [5.74, 6) is -0.657. The molecule has 0 atom stereocenters. The Morgan fingerprint density at radius 1 is 1.24 bits per heavy atom. The van der Waals surface area contributed by atoms with Crippen molar-refractivity contribution < 1.29 is 18.7 Å². The summed E-state index contributed by atoms with van der Waals surface area (Å²) in [7, 11) is 0. The van der Waals surface area contributed by atoms with Crippen LogP contribution in [-0.2, 0) is 4.74 Å². The molecule has 1 saturated heterocycles. The van der Waals surface area contributed by atoms with E-state index >= 15 is 0 Å². The molecule has 1 aromatic carbocycles. The van der Waals surface area contributed by atoms with Gasteiger partial charge in [-0.2, -0.15) is 0 Å². The van der Waals surface area contributed by atoms with E-state index in [2.05, 4.69) is 15.9 Å². The molecule has 3 rings (SSSR count). The molecule has 136 valence electrons. The van der Waals surface area contributed by atoms with E-state index in [1.807, 2.05) is 20.8 Å². The van der Waals surface area contributed by atoms with E-state index in [0.29, 0.717) is 25.2 Å². The van der Waals surface area contributed by atoms with Crippen molar-refractivity contribution in [2.75, 3.05) is 19.6 Å².